The summed E-state index contributed by atoms with van der Waals surface area (Å²) >= 11 is 0. The largest absolute Gasteiger partial charge is 0.316 e. The molecule has 2 unspecified atom stereocenters. The fourth-order valence-electron chi connectivity index (χ4n) is 2.83. The fraction of sp³-hybridized carbons (Fsp3) is 1.00. The van der Waals surface area contributed by atoms with Gasteiger partial charge in [-0.2, -0.15) is 0 Å². The first-order valence-corrected chi connectivity index (χ1v) is 9.27. The number of sulfonamides is 1. The third-order valence-corrected chi connectivity index (χ3v) is 6.04. The Morgan fingerprint density at radius 3 is 2.32 bits per heavy atom. The zero-order chi connectivity index (χ0) is 14.3. The van der Waals surface area contributed by atoms with Gasteiger partial charge in [-0.1, -0.05) is 33.1 Å². The molecule has 1 saturated carbocycles. The standard InChI is InChI=1S/C14H30N2O2S/c1-4-14(13-9-7-6-8-10-13)16-19(17,18)12(3)11-15-5-2/h12-16H,4-11H2,1-3H3. The van der Waals surface area contributed by atoms with Crippen LogP contribution in [0.25, 0.3) is 0 Å². The van der Waals surface area contributed by atoms with Gasteiger partial charge in [0.05, 0.1) is 5.25 Å². The number of hydrogen-bond acceptors (Lipinski definition) is 3. The van der Waals surface area contributed by atoms with Crippen LogP contribution in [0.4, 0.5) is 0 Å². The van der Waals surface area contributed by atoms with E-state index in [4.69, 9.17) is 0 Å². The molecule has 1 fully saturated rings. The molecule has 1 rings (SSSR count). The highest BCUT2D eigenvalue weighted by Gasteiger charge is 2.28. The van der Waals surface area contributed by atoms with Crippen LogP contribution in [-0.4, -0.2) is 32.8 Å². The molecular formula is C14H30N2O2S. The first-order valence-electron chi connectivity index (χ1n) is 7.73. The van der Waals surface area contributed by atoms with E-state index in [0.29, 0.717) is 12.5 Å². The smallest absolute Gasteiger partial charge is 0.215 e. The van der Waals surface area contributed by atoms with Crippen molar-refractivity contribution in [2.75, 3.05) is 13.1 Å². The summed E-state index contributed by atoms with van der Waals surface area (Å²) in [4.78, 5) is 0. The van der Waals surface area contributed by atoms with Gasteiger partial charge in [-0.25, -0.2) is 13.1 Å². The molecule has 2 N–H and O–H groups in total. The molecule has 19 heavy (non-hydrogen) atoms. The van der Waals surface area contributed by atoms with Gasteiger partial charge < -0.3 is 5.32 Å². The van der Waals surface area contributed by atoms with Crippen molar-refractivity contribution in [1.29, 1.82) is 0 Å². The van der Waals surface area contributed by atoms with E-state index in [9.17, 15) is 8.42 Å². The van der Waals surface area contributed by atoms with Gasteiger partial charge in [-0.15, -0.1) is 0 Å². The molecule has 5 heteroatoms. The van der Waals surface area contributed by atoms with E-state index in [1.54, 1.807) is 6.92 Å². The minimum atomic E-state index is -3.21. The predicted octanol–water partition coefficient (Wildman–Crippen LogP) is 2.26. The lowest BCUT2D eigenvalue weighted by Crippen LogP contribution is -2.46. The van der Waals surface area contributed by atoms with Crippen LogP contribution in [0.15, 0.2) is 0 Å². The predicted molar refractivity (Wildman–Crippen MR) is 80.7 cm³/mol. The summed E-state index contributed by atoms with van der Waals surface area (Å²) in [6.07, 6.45) is 7.02. The minimum Gasteiger partial charge on any atom is -0.316 e. The van der Waals surface area contributed by atoms with Crippen LogP contribution in [0, 0.1) is 5.92 Å². The number of hydrogen-bond donors (Lipinski definition) is 2. The van der Waals surface area contributed by atoms with Gasteiger partial charge in [0.25, 0.3) is 0 Å². The molecule has 0 heterocycles. The van der Waals surface area contributed by atoms with Crippen molar-refractivity contribution in [3.63, 3.8) is 0 Å². The van der Waals surface area contributed by atoms with E-state index in [2.05, 4.69) is 17.0 Å². The Balaban J connectivity index is 2.57. The van der Waals surface area contributed by atoms with Crippen molar-refractivity contribution in [1.82, 2.24) is 10.0 Å². The molecular weight excluding hydrogens is 260 g/mol. The van der Waals surface area contributed by atoms with Crippen LogP contribution in [0.5, 0.6) is 0 Å². The first-order chi connectivity index (χ1) is 9.01. The molecule has 0 radical (unpaired) electrons. The molecule has 0 spiro atoms. The lowest BCUT2D eigenvalue weighted by Gasteiger charge is -2.31. The summed E-state index contributed by atoms with van der Waals surface area (Å²) < 4.78 is 27.5. The highest BCUT2D eigenvalue weighted by atomic mass is 32.2. The first kappa shape index (κ1) is 16.9. The molecule has 0 aromatic rings. The van der Waals surface area contributed by atoms with E-state index in [0.717, 1.165) is 13.0 Å². The van der Waals surface area contributed by atoms with E-state index >= 15 is 0 Å². The van der Waals surface area contributed by atoms with Crippen LogP contribution in [-0.2, 0) is 10.0 Å². The normalized spacial score (nSPS) is 21.2. The molecule has 1 aliphatic rings. The summed E-state index contributed by atoms with van der Waals surface area (Å²) in [7, 11) is -3.21. The third-order valence-electron chi connectivity index (χ3n) is 4.19. The maximum Gasteiger partial charge on any atom is 0.215 e. The molecule has 0 bridgehead atoms. The van der Waals surface area contributed by atoms with Crippen LogP contribution in [0.1, 0.15) is 59.3 Å². The lowest BCUT2D eigenvalue weighted by molar-refractivity contribution is 0.285. The quantitative estimate of drug-likeness (QED) is 0.721. The second-order valence-electron chi connectivity index (χ2n) is 5.69. The SMILES string of the molecule is CCNCC(C)S(=O)(=O)NC(CC)C1CCCCC1. The summed E-state index contributed by atoms with van der Waals surface area (Å²) in [5.74, 6) is 0.528. The number of rotatable bonds is 8. The molecule has 0 saturated heterocycles. The average molecular weight is 290 g/mol. The fourth-order valence-corrected chi connectivity index (χ4v) is 4.18. The van der Waals surface area contributed by atoms with Crippen molar-refractivity contribution in [2.45, 2.75) is 70.6 Å². The summed E-state index contributed by atoms with van der Waals surface area (Å²) in [5.41, 5.74) is 0. The minimum absolute atomic E-state index is 0.120. The van der Waals surface area contributed by atoms with E-state index in [-0.39, 0.29) is 11.3 Å². The van der Waals surface area contributed by atoms with E-state index < -0.39 is 10.0 Å². The molecule has 4 nitrogen and oxygen atoms in total. The number of nitrogens with one attached hydrogen (secondary N) is 2. The summed E-state index contributed by atoms with van der Waals surface area (Å²) in [6.45, 7) is 7.17. The van der Waals surface area contributed by atoms with Crippen molar-refractivity contribution < 1.29 is 8.42 Å². The maximum absolute atomic E-state index is 12.3. The second kappa shape index (κ2) is 8.22. The van der Waals surface area contributed by atoms with Crippen molar-refractivity contribution in [2.24, 2.45) is 5.92 Å². The van der Waals surface area contributed by atoms with Gasteiger partial charge in [0, 0.05) is 12.6 Å². The zero-order valence-electron chi connectivity index (χ0n) is 12.6. The van der Waals surface area contributed by atoms with E-state index in [1.165, 1.54) is 32.1 Å². The van der Waals surface area contributed by atoms with Crippen molar-refractivity contribution >= 4 is 10.0 Å². The third kappa shape index (κ3) is 5.40. The van der Waals surface area contributed by atoms with Gasteiger partial charge in [0.15, 0.2) is 0 Å². The Morgan fingerprint density at radius 1 is 1.16 bits per heavy atom. The summed E-state index contributed by atoms with van der Waals surface area (Å²) in [6, 6.07) is 0.120. The van der Waals surface area contributed by atoms with Crippen LogP contribution in [0.2, 0.25) is 0 Å². The van der Waals surface area contributed by atoms with Crippen LogP contribution >= 0.6 is 0 Å². The maximum atomic E-state index is 12.3. The van der Waals surface area contributed by atoms with Gasteiger partial charge in [-0.3, -0.25) is 0 Å². The Kier molecular flexibility index (Phi) is 7.32. The topological polar surface area (TPSA) is 58.2 Å². The van der Waals surface area contributed by atoms with Gasteiger partial charge >= 0.3 is 0 Å². The van der Waals surface area contributed by atoms with Crippen LogP contribution < -0.4 is 10.0 Å². The highest BCUT2D eigenvalue weighted by Crippen LogP contribution is 2.28. The second-order valence-corrected chi connectivity index (χ2v) is 7.82. The lowest BCUT2D eigenvalue weighted by atomic mass is 9.83. The zero-order valence-corrected chi connectivity index (χ0v) is 13.4. The summed E-state index contributed by atoms with van der Waals surface area (Å²) in [5, 5.41) is 2.74. The van der Waals surface area contributed by atoms with Crippen LogP contribution in [0.3, 0.4) is 0 Å². The van der Waals surface area contributed by atoms with Gasteiger partial charge in [0.2, 0.25) is 10.0 Å². The molecule has 0 amide bonds. The van der Waals surface area contributed by atoms with Gasteiger partial charge in [0.1, 0.15) is 0 Å². The Hall–Kier alpha value is -0.130. The molecule has 0 aromatic carbocycles. The Morgan fingerprint density at radius 2 is 1.79 bits per heavy atom. The Bertz CT molecular complexity index is 337. The van der Waals surface area contributed by atoms with Gasteiger partial charge in [-0.05, 0) is 38.6 Å². The van der Waals surface area contributed by atoms with E-state index in [1.807, 2.05) is 6.92 Å². The molecule has 114 valence electrons. The average Bonchev–Trinajstić information content (AvgIpc) is 2.43. The van der Waals surface area contributed by atoms with Crippen molar-refractivity contribution in [3.05, 3.63) is 0 Å². The highest BCUT2D eigenvalue weighted by molar-refractivity contribution is 7.90. The molecule has 0 aliphatic heterocycles. The molecule has 2 atom stereocenters. The van der Waals surface area contributed by atoms with Crippen molar-refractivity contribution in [3.8, 4) is 0 Å². The monoisotopic (exact) mass is 290 g/mol. The Labute approximate surface area is 118 Å². The molecule has 1 aliphatic carbocycles. The molecule has 0 aromatic heterocycles.